The number of benzene rings is 2. The standard InChI is InChI=1S/C27H30O11/c1-36-22-10-16(4-8-20(22)32)2-6-18(30)12-19(31)7-3-17-5-9-21(33)23(11-17)37-15-27(14-29)26(35)25(34)24(13-28)38-27/h2-11,24-26,28-29,32-35H,12-15H2,1H3/b6-2+,7-3+/t24-,25-,26+,27?/m1/s1. The Kier molecular flexibility index (Phi) is 9.61. The topological polar surface area (TPSA) is 183 Å². The molecule has 0 spiro atoms. The summed E-state index contributed by atoms with van der Waals surface area (Å²) in [5, 5.41) is 59.1. The lowest BCUT2D eigenvalue weighted by Crippen LogP contribution is -2.50. The molecule has 11 heteroatoms. The molecule has 204 valence electrons. The van der Waals surface area contributed by atoms with Crippen LogP contribution in [-0.4, -0.2) is 93.0 Å². The quantitative estimate of drug-likeness (QED) is 0.167. The van der Waals surface area contributed by atoms with Gasteiger partial charge in [0.1, 0.15) is 24.9 Å². The van der Waals surface area contributed by atoms with Gasteiger partial charge < -0.3 is 44.8 Å². The van der Waals surface area contributed by atoms with Crippen LogP contribution in [0.1, 0.15) is 17.5 Å². The Morgan fingerprint density at radius 2 is 1.50 bits per heavy atom. The van der Waals surface area contributed by atoms with Crippen LogP contribution in [0.3, 0.4) is 0 Å². The van der Waals surface area contributed by atoms with Gasteiger partial charge in [0.2, 0.25) is 0 Å². The number of carbonyl (C=O) groups is 2. The first kappa shape index (κ1) is 28.8. The van der Waals surface area contributed by atoms with Gasteiger partial charge in [-0.1, -0.05) is 24.3 Å². The summed E-state index contributed by atoms with van der Waals surface area (Å²) in [4.78, 5) is 24.4. The normalized spacial score (nSPS) is 23.2. The summed E-state index contributed by atoms with van der Waals surface area (Å²) in [5.41, 5.74) is -0.669. The largest absolute Gasteiger partial charge is 0.504 e. The molecular formula is C27H30O11. The minimum absolute atomic E-state index is 0.0365. The molecule has 0 aromatic heterocycles. The first-order valence-electron chi connectivity index (χ1n) is 11.6. The van der Waals surface area contributed by atoms with Crippen LogP contribution in [-0.2, 0) is 14.3 Å². The Morgan fingerprint density at radius 1 is 0.947 bits per heavy atom. The molecule has 1 unspecified atom stereocenters. The highest BCUT2D eigenvalue weighted by Gasteiger charge is 2.54. The lowest BCUT2D eigenvalue weighted by molar-refractivity contribution is -0.136. The van der Waals surface area contributed by atoms with Gasteiger partial charge in [-0.05, 0) is 47.5 Å². The summed E-state index contributed by atoms with van der Waals surface area (Å²) in [6, 6.07) is 8.76. The van der Waals surface area contributed by atoms with Crippen molar-refractivity contribution in [3.63, 3.8) is 0 Å². The van der Waals surface area contributed by atoms with Gasteiger partial charge in [-0.2, -0.15) is 0 Å². The molecule has 2 aromatic rings. The molecule has 1 saturated heterocycles. The van der Waals surface area contributed by atoms with Crippen molar-refractivity contribution in [2.45, 2.75) is 30.3 Å². The van der Waals surface area contributed by atoms with Crippen molar-refractivity contribution < 1.29 is 54.4 Å². The molecule has 6 N–H and O–H groups in total. The molecule has 1 aliphatic heterocycles. The molecule has 1 fully saturated rings. The number of phenols is 2. The number of aromatic hydroxyl groups is 2. The lowest BCUT2D eigenvalue weighted by atomic mass is 9.96. The third-order valence-electron chi connectivity index (χ3n) is 6.01. The van der Waals surface area contributed by atoms with E-state index in [9.17, 15) is 40.2 Å². The molecule has 2 aromatic carbocycles. The number of hydrogen-bond donors (Lipinski definition) is 6. The molecule has 0 amide bonds. The Bertz CT molecular complexity index is 1210. The Balaban J connectivity index is 1.60. The molecule has 1 heterocycles. The van der Waals surface area contributed by atoms with Gasteiger partial charge >= 0.3 is 0 Å². The first-order valence-corrected chi connectivity index (χ1v) is 11.6. The fraction of sp³-hybridized carbons (Fsp3) is 0.333. The van der Waals surface area contributed by atoms with E-state index < -0.39 is 55.3 Å². The fourth-order valence-electron chi connectivity index (χ4n) is 3.81. The van der Waals surface area contributed by atoms with Gasteiger partial charge in [0, 0.05) is 0 Å². The minimum Gasteiger partial charge on any atom is -0.504 e. The predicted octanol–water partition coefficient (Wildman–Crippen LogP) is 0.584. The van der Waals surface area contributed by atoms with Gasteiger partial charge in [0.15, 0.2) is 40.2 Å². The Labute approximate surface area is 218 Å². The maximum Gasteiger partial charge on any atom is 0.163 e. The number of rotatable bonds is 12. The summed E-state index contributed by atoms with van der Waals surface area (Å²) >= 11 is 0. The highest BCUT2D eigenvalue weighted by atomic mass is 16.6. The van der Waals surface area contributed by atoms with Crippen molar-refractivity contribution in [2.24, 2.45) is 0 Å². The molecule has 0 bridgehead atoms. The summed E-state index contributed by atoms with van der Waals surface area (Å²) in [6.07, 6.45) is 0.886. The zero-order valence-corrected chi connectivity index (χ0v) is 20.6. The Hall–Kier alpha value is -3.74. The molecule has 1 aliphatic rings. The number of ether oxygens (including phenoxy) is 3. The SMILES string of the molecule is COc1cc(/C=C/C(=O)CC(=O)/C=C/c2ccc(O)c(OCC3(CO)O[C@H](CO)[C@@H](O)[C@@H]3O)c2)ccc1O. The average molecular weight is 531 g/mol. The summed E-state index contributed by atoms with van der Waals surface area (Å²) in [5.74, 6) is -1.00. The number of hydrogen-bond acceptors (Lipinski definition) is 11. The summed E-state index contributed by atoms with van der Waals surface area (Å²) < 4.78 is 16.0. The number of ketones is 2. The van der Waals surface area contributed by atoms with Crippen molar-refractivity contribution in [3.8, 4) is 23.0 Å². The smallest absolute Gasteiger partial charge is 0.163 e. The van der Waals surface area contributed by atoms with Gasteiger partial charge in [0.05, 0.1) is 26.7 Å². The molecular weight excluding hydrogens is 500 g/mol. The van der Waals surface area contributed by atoms with Gasteiger partial charge in [0.25, 0.3) is 0 Å². The predicted molar refractivity (Wildman–Crippen MR) is 135 cm³/mol. The number of methoxy groups -OCH3 is 1. The highest BCUT2D eigenvalue weighted by molar-refractivity contribution is 6.10. The van der Waals surface area contributed by atoms with Crippen LogP contribution in [0.4, 0.5) is 0 Å². The minimum atomic E-state index is -1.72. The van der Waals surface area contributed by atoms with Crippen molar-refractivity contribution in [3.05, 3.63) is 59.7 Å². The second kappa shape index (κ2) is 12.7. The van der Waals surface area contributed by atoms with Crippen LogP contribution < -0.4 is 9.47 Å². The number of carbonyl (C=O) groups excluding carboxylic acids is 2. The second-order valence-electron chi connectivity index (χ2n) is 8.72. The maximum absolute atomic E-state index is 12.3. The number of aliphatic hydroxyl groups is 4. The van der Waals surface area contributed by atoms with E-state index in [1.807, 2.05) is 0 Å². The molecule has 0 aliphatic carbocycles. The van der Waals surface area contributed by atoms with Crippen molar-refractivity contribution in [1.82, 2.24) is 0 Å². The van der Waals surface area contributed by atoms with E-state index in [4.69, 9.17) is 14.2 Å². The lowest BCUT2D eigenvalue weighted by Gasteiger charge is -2.30. The van der Waals surface area contributed by atoms with Gasteiger partial charge in [-0.25, -0.2) is 0 Å². The van der Waals surface area contributed by atoms with E-state index in [2.05, 4.69) is 0 Å². The molecule has 0 radical (unpaired) electrons. The van der Waals surface area contributed by atoms with Crippen LogP contribution in [0, 0.1) is 0 Å². The summed E-state index contributed by atoms with van der Waals surface area (Å²) in [6.45, 7) is -1.76. The van der Waals surface area contributed by atoms with E-state index in [0.717, 1.165) is 0 Å². The van der Waals surface area contributed by atoms with Gasteiger partial charge in [-0.3, -0.25) is 9.59 Å². The molecule has 0 saturated carbocycles. The third-order valence-corrected chi connectivity index (χ3v) is 6.01. The van der Waals surface area contributed by atoms with Crippen molar-refractivity contribution in [1.29, 1.82) is 0 Å². The fourth-order valence-corrected chi connectivity index (χ4v) is 3.81. The average Bonchev–Trinajstić information content (AvgIpc) is 3.16. The van der Waals surface area contributed by atoms with E-state index in [1.54, 1.807) is 12.1 Å². The van der Waals surface area contributed by atoms with Crippen LogP contribution in [0.25, 0.3) is 12.2 Å². The van der Waals surface area contributed by atoms with Crippen LogP contribution in [0.15, 0.2) is 48.6 Å². The third kappa shape index (κ3) is 6.77. The monoisotopic (exact) mass is 530 g/mol. The van der Waals surface area contributed by atoms with Gasteiger partial charge in [-0.15, -0.1) is 0 Å². The van der Waals surface area contributed by atoms with Crippen molar-refractivity contribution in [2.75, 3.05) is 26.9 Å². The van der Waals surface area contributed by atoms with E-state index in [0.29, 0.717) is 11.1 Å². The van der Waals surface area contributed by atoms with E-state index >= 15 is 0 Å². The molecule has 11 nitrogen and oxygen atoms in total. The Morgan fingerprint density at radius 3 is 2.00 bits per heavy atom. The van der Waals surface area contributed by atoms with Crippen molar-refractivity contribution >= 4 is 23.7 Å². The zero-order chi connectivity index (χ0) is 27.9. The van der Waals surface area contributed by atoms with E-state index in [-0.39, 0.29) is 29.4 Å². The molecule has 38 heavy (non-hydrogen) atoms. The highest BCUT2D eigenvalue weighted by Crippen LogP contribution is 2.34. The zero-order valence-electron chi connectivity index (χ0n) is 20.6. The number of allylic oxidation sites excluding steroid dienone is 2. The molecule has 3 rings (SSSR count). The van der Waals surface area contributed by atoms with Crippen LogP contribution >= 0.6 is 0 Å². The second-order valence-corrected chi connectivity index (χ2v) is 8.72. The maximum atomic E-state index is 12.3. The van der Waals surface area contributed by atoms with E-state index in [1.165, 1.54) is 55.7 Å². The molecule has 4 atom stereocenters. The number of phenolic OH excluding ortho intramolecular Hbond substituents is 2. The first-order chi connectivity index (χ1) is 18.1. The number of aliphatic hydroxyl groups excluding tert-OH is 4. The summed E-state index contributed by atoms with van der Waals surface area (Å²) in [7, 11) is 1.40. The van der Waals surface area contributed by atoms with Crippen LogP contribution in [0.5, 0.6) is 23.0 Å². The van der Waals surface area contributed by atoms with Crippen LogP contribution in [0.2, 0.25) is 0 Å².